The minimum atomic E-state index is -0.536. The highest BCUT2D eigenvalue weighted by atomic mass is 19.1. The van der Waals surface area contributed by atoms with E-state index in [2.05, 4.69) is 12.2 Å². The van der Waals surface area contributed by atoms with Crippen LogP contribution in [0.2, 0.25) is 0 Å². The first-order valence-electron chi connectivity index (χ1n) is 7.34. The first kappa shape index (κ1) is 15.4. The lowest BCUT2D eigenvalue weighted by Gasteiger charge is -2.43. The van der Waals surface area contributed by atoms with Crippen molar-refractivity contribution in [3.05, 3.63) is 35.4 Å². The highest BCUT2D eigenvalue weighted by Gasteiger charge is 2.39. The highest BCUT2D eigenvalue weighted by Crippen LogP contribution is 2.42. The third-order valence-electron chi connectivity index (χ3n) is 4.25. The van der Waals surface area contributed by atoms with E-state index in [-0.39, 0.29) is 11.6 Å². The van der Waals surface area contributed by atoms with Gasteiger partial charge in [0, 0.05) is 24.8 Å². The van der Waals surface area contributed by atoms with Crippen LogP contribution in [0.15, 0.2) is 18.2 Å². The Morgan fingerprint density at radius 2 is 2.10 bits per heavy atom. The Hall–Kier alpha value is -1.00. The van der Waals surface area contributed by atoms with Crippen LogP contribution in [-0.4, -0.2) is 19.3 Å². The molecule has 0 aliphatic heterocycles. The number of methoxy groups -OCH3 is 1. The second-order valence-corrected chi connectivity index (χ2v) is 5.62. The van der Waals surface area contributed by atoms with Crippen molar-refractivity contribution in [3.8, 4) is 0 Å². The molecule has 0 aromatic heterocycles. The molecule has 1 unspecified atom stereocenters. The second-order valence-electron chi connectivity index (χ2n) is 5.62. The van der Waals surface area contributed by atoms with Gasteiger partial charge in [-0.1, -0.05) is 13.0 Å². The molecular weight excluding hydrogens is 260 g/mol. The van der Waals surface area contributed by atoms with Gasteiger partial charge in [0.05, 0.1) is 5.60 Å². The van der Waals surface area contributed by atoms with Crippen LogP contribution in [-0.2, 0) is 4.74 Å². The maximum absolute atomic E-state index is 14.0. The summed E-state index contributed by atoms with van der Waals surface area (Å²) in [5, 5.41) is 3.36. The molecule has 1 aliphatic rings. The molecule has 1 N–H and O–H groups in total. The van der Waals surface area contributed by atoms with E-state index in [0.29, 0.717) is 5.56 Å². The molecule has 1 atom stereocenters. The molecule has 0 saturated heterocycles. The van der Waals surface area contributed by atoms with Gasteiger partial charge in [0.1, 0.15) is 11.6 Å². The summed E-state index contributed by atoms with van der Waals surface area (Å²) in [4.78, 5) is 0. The van der Waals surface area contributed by atoms with Gasteiger partial charge >= 0.3 is 0 Å². The lowest BCUT2D eigenvalue weighted by molar-refractivity contribution is -0.0839. The Kier molecular flexibility index (Phi) is 5.11. The van der Waals surface area contributed by atoms with Gasteiger partial charge in [-0.25, -0.2) is 8.78 Å². The zero-order valence-electron chi connectivity index (χ0n) is 12.2. The van der Waals surface area contributed by atoms with Gasteiger partial charge in [-0.3, -0.25) is 0 Å². The predicted octanol–water partition coefficient (Wildman–Crippen LogP) is 3.96. The summed E-state index contributed by atoms with van der Waals surface area (Å²) in [6.07, 6.45) is 4.87. The molecule has 2 rings (SSSR count). The monoisotopic (exact) mass is 283 g/mol. The average molecular weight is 283 g/mol. The lowest BCUT2D eigenvalue weighted by Crippen LogP contribution is -2.43. The number of rotatable bonds is 7. The molecule has 0 bridgehead atoms. The van der Waals surface area contributed by atoms with Gasteiger partial charge in [-0.05, 0) is 44.7 Å². The Bertz CT molecular complexity index is 441. The van der Waals surface area contributed by atoms with Gasteiger partial charge < -0.3 is 10.1 Å². The molecule has 1 aromatic rings. The molecule has 1 fully saturated rings. The van der Waals surface area contributed by atoms with Crippen molar-refractivity contribution in [2.24, 2.45) is 0 Å². The van der Waals surface area contributed by atoms with Crippen LogP contribution in [0.3, 0.4) is 0 Å². The molecule has 20 heavy (non-hydrogen) atoms. The largest absolute Gasteiger partial charge is 0.378 e. The Morgan fingerprint density at radius 1 is 1.35 bits per heavy atom. The van der Waals surface area contributed by atoms with Gasteiger partial charge in [-0.2, -0.15) is 0 Å². The topological polar surface area (TPSA) is 21.3 Å². The third-order valence-corrected chi connectivity index (χ3v) is 4.25. The van der Waals surface area contributed by atoms with Crippen LogP contribution >= 0.6 is 0 Å². The fourth-order valence-corrected chi connectivity index (χ4v) is 2.83. The number of halogens is 2. The summed E-state index contributed by atoms with van der Waals surface area (Å²) in [5.41, 5.74) is 0.384. The summed E-state index contributed by atoms with van der Waals surface area (Å²) in [7, 11) is 1.72. The minimum Gasteiger partial charge on any atom is -0.378 e. The quantitative estimate of drug-likeness (QED) is 0.817. The number of hydrogen-bond donors (Lipinski definition) is 1. The van der Waals surface area contributed by atoms with Crippen LogP contribution in [0.1, 0.15) is 50.6 Å². The average Bonchev–Trinajstić information content (AvgIpc) is 2.38. The van der Waals surface area contributed by atoms with Crippen molar-refractivity contribution in [1.82, 2.24) is 5.32 Å². The number of nitrogens with one attached hydrogen (secondary N) is 1. The molecule has 4 heteroatoms. The lowest BCUT2D eigenvalue weighted by atomic mass is 9.74. The zero-order chi connectivity index (χ0) is 14.6. The van der Waals surface area contributed by atoms with Gasteiger partial charge in [-0.15, -0.1) is 0 Å². The molecule has 2 nitrogen and oxygen atoms in total. The van der Waals surface area contributed by atoms with Crippen molar-refractivity contribution in [3.63, 3.8) is 0 Å². The Labute approximate surface area is 119 Å². The van der Waals surface area contributed by atoms with Crippen LogP contribution in [0.5, 0.6) is 0 Å². The van der Waals surface area contributed by atoms with Crippen LogP contribution in [0, 0.1) is 11.6 Å². The van der Waals surface area contributed by atoms with E-state index in [9.17, 15) is 8.78 Å². The number of ether oxygens (including phenoxy) is 1. The van der Waals surface area contributed by atoms with Gasteiger partial charge in [0.2, 0.25) is 0 Å². The smallest absolute Gasteiger partial charge is 0.130 e. The van der Waals surface area contributed by atoms with E-state index in [1.165, 1.54) is 6.07 Å². The molecule has 0 spiro atoms. The zero-order valence-corrected chi connectivity index (χ0v) is 12.2. The summed E-state index contributed by atoms with van der Waals surface area (Å²) in [6.45, 7) is 2.88. The molecule has 1 aliphatic carbocycles. The molecular formula is C16H23F2NO. The number of hydrogen-bond acceptors (Lipinski definition) is 2. The number of benzene rings is 1. The summed E-state index contributed by atoms with van der Waals surface area (Å²) < 4.78 is 32.7. The van der Waals surface area contributed by atoms with Gasteiger partial charge in [0.25, 0.3) is 0 Å². The SMILES string of the molecule is CCCNC(CC1(OC)CCC1)c1ccc(F)cc1F. The Morgan fingerprint density at radius 3 is 2.60 bits per heavy atom. The normalized spacial score (nSPS) is 18.6. The summed E-state index contributed by atoms with van der Waals surface area (Å²) >= 11 is 0. The molecule has 112 valence electrons. The molecule has 0 amide bonds. The van der Waals surface area contributed by atoms with Crippen molar-refractivity contribution in [1.29, 1.82) is 0 Å². The van der Waals surface area contributed by atoms with Crippen LogP contribution in [0.25, 0.3) is 0 Å². The summed E-state index contributed by atoms with van der Waals surface area (Å²) in [6, 6.07) is 3.69. The van der Waals surface area contributed by atoms with Crippen molar-refractivity contribution >= 4 is 0 Å². The van der Waals surface area contributed by atoms with E-state index in [1.54, 1.807) is 13.2 Å². The summed E-state index contributed by atoms with van der Waals surface area (Å²) in [5.74, 6) is -1.02. The maximum Gasteiger partial charge on any atom is 0.130 e. The molecule has 0 radical (unpaired) electrons. The van der Waals surface area contributed by atoms with E-state index >= 15 is 0 Å². The standard InChI is InChI=1S/C16H23F2NO/c1-3-9-19-15(11-16(20-2)7-4-8-16)13-6-5-12(17)10-14(13)18/h5-6,10,15,19H,3-4,7-9,11H2,1-2H3. The molecule has 0 heterocycles. The van der Waals surface area contributed by atoms with Gasteiger partial charge in [0.15, 0.2) is 0 Å². The van der Waals surface area contributed by atoms with Crippen molar-refractivity contribution < 1.29 is 13.5 Å². The predicted molar refractivity (Wildman–Crippen MR) is 75.6 cm³/mol. The van der Waals surface area contributed by atoms with E-state index in [4.69, 9.17) is 4.74 Å². The molecule has 1 aromatic carbocycles. The fraction of sp³-hybridized carbons (Fsp3) is 0.625. The highest BCUT2D eigenvalue weighted by molar-refractivity contribution is 5.23. The minimum absolute atomic E-state index is 0.129. The first-order valence-corrected chi connectivity index (χ1v) is 7.34. The maximum atomic E-state index is 14.0. The Balaban J connectivity index is 2.17. The third kappa shape index (κ3) is 3.36. The second kappa shape index (κ2) is 6.64. The van der Waals surface area contributed by atoms with E-state index in [1.807, 2.05) is 0 Å². The fourth-order valence-electron chi connectivity index (χ4n) is 2.83. The van der Waals surface area contributed by atoms with Crippen LogP contribution in [0.4, 0.5) is 8.78 Å². The van der Waals surface area contributed by atoms with Crippen LogP contribution < -0.4 is 5.32 Å². The first-order chi connectivity index (χ1) is 9.60. The van der Waals surface area contributed by atoms with Crippen molar-refractivity contribution in [2.75, 3.05) is 13.7 Å². The van der Waals surface area contributed by atoms with E-state index < -0.39 is 11.6 Å². The van der Waals surface area contributed by atoms with Crippen molar-refractivity contribution in [2.45, 2.75) is 50.7 Å². The molecule has 1 saturated carbocycles. The van der Waals surface area contributed by atoms with E-state index in [0.717, 1.165) is 44.7 Å².